The summed E-state index contributed by atoms with van der Waals surface area (Å²) in [6.45, 7) is 8.89. The van der Waals surface area contributed by atoms with Crippen molar-refractivity contribution in [2.45, 2.75) is 52.5 Å². The van der Waals surface area contributed by atoms with Gasteiger partial charge >= 0.3 is 0 Å². The summed E-state index contributed by atoms with van der Waals surface area (Å²) in [6.07, 6.45) is 4.78. The third-order valence-electron chi connectivity index (χ3n) is 3.43. The Morgan fingerprint density at radius 1 is 1.05 bits per heavy atom. The molecule has 0 fully saturated rings. The first-order chi connectivity index (χ1) is 9.53. The van der Waals surface area contributed by atoms with Crippen molar-refractivity contribution in [3.05, 3.63) is 35.9 Å². The molecule has 0 radical (unpaired) electrons. The lowest BCUT2D eigenvalue weighted by Crippen LogP contribution is -2.26. The maximum Gasteiger partial charge on any atom is 0.0462 e. The molecule has 1 atom stereocenters. The van der Waals surface area contributed by atoms with Gasteiger partial charge in [-0.1, -0.05) is 51.1 Å². The fourth-order valence-electron chi connectivity index (χ4n) is 2.43. The van der Waals surface area contributed by atoms with Gasteiger partial charge in [-0.15, -0.1) is 0 Å². The van der Waals surface area contributed by atoms with Gasteiger partial charge in [0.05, 0.1) is 0 Å². The molecule has 0 aliphatic carbocycles. The molecule has 2 nitrogen and oxygen atoms in total. The summed E-state index contributed by atoms with van der Waals surface area (Å²) < 4.78 is 5.08. The number of ether oxygens (including phenoxy) is 1. The van der Waals surface area contributed by atoms with Crippen LogP contribution in [0.4, 0.5) is 0 Å². The first-order valence-electron chi connectivity index (χ1n) is 7.80. The van der Waals surface area contributed by atoms with Gasteiger partial charge in [0, 0.05) is 19.8 Å². The number of benzene rings is 1. The van der Waals surface area contributed by atoms with Crippen LogP contribution in [0.5, 0.6) is 0 Å². The largest absolute Gasteiger partial charge is 0.385 e. The fraction of sp³-hybridized carbons (Fsp3) is 0.667. The van der Waals surface area contributed by atoms with E-state index in [2.05, 4.69) is 56.4 Å². The van der Waals surface area contributed by atoms with E-state index in [4.69, 9.17) is 4.74 Å². The smallest absolute Gasteiger partial charge is 0.0462 e. The van der Waals surface area contributed by atoms with Crippen LogP contribution < -0.4 is 5.32 Å². The number of rotatable bonds is 9. The number of hydrogen-bond donors (Lipinski definition) is 1. The highest BCUT2D eigenvalue weighted by atomic mass is 16.5. The van der Waals surface area contributed by atoms with E-state index in [9.17, 15) is 0 Å². The van der Waals surface area contributed by atoms with Gasteiger partial charge in [-0.3, -0.25) is 0 Å². The lowest BCUT2D eigenvalue weighted by atomic mass is 9.85. The average molecular weight is 277 g/mol. The van der Waals surface area contributed by atoms with E-state index in [1.165, 1.54) is 18.4 Å². The van der Waals surface area contributed by atoms with Crippen LogP contribution in [-0.2, 0) is 4.74 Å². The topological polar surface area (TPSA) is 21.3 Å². The molecule has 0 aromatic heterocycles. The molecule has 0 aliphatic rings. The predicted molar refractivity (Wildman–Crippen MR) is 87.0 cm³/mol. The Morgan fingerprint density at radius 2 is 1.75 bits per heavy atom. The molecule has 1 rings (SSSR count). The minimum absolute atomic E-state index is 0.337. The summed E-state index contributed by atoms with van der Waals surface area (Å²) in [5, 5.41) is 3.73. The van der Waals surface area contributed by atoms with E-state index in [0.29, 0.717) is 11.5 Å². The maximum atomic E-state index is 5.08. The zero-order valence-corrected chi connectivity index (χ0v) is 13.6. The molecule has 20 heavy (non-hydrogen) atoms. The van der Waals surface area contributed by atoms with Crippen molar-refractivity contribution in [3.63, 3.8) is 0 Å². The van der Waals surface area contributed by atoms with Crippen LogP contribution >= 0.6 is 0 Å². The number of methoxy groups -OCH3 is 1. The lowest BCUT2D eigenvalue weighted by Gasteiger charge is -2.27. The molecule has 0 saturated carbocycles. The number of hydrogen-bond acceptors (Lipinski definition) is 2. The summed E-state index contributed by atoms with van der Waals surface area (Å²) in [6, 6.07) is 11.3. The number of nitrogens with one attached hydrogen (secondary N) is 1. The van der Waals surface area contributed by atoms with E-state index < -0.39 is 0 Å². The Labute approximate surface area is 124 Å². The maximum absolute atomic E-state index is 5.08. The third-order valence-corrected chi connectivity index (χ3v) is 3.43. The van der Waals surface area contributed by atoms with Gasteiger partial charge in [-0.05, 0) is 43.2 Å². The fourth-order valence-corrected chi connectivity index (χ4v) is 2.43. The molecule has 2 heteroatoms. The van der Waals surface area contributed by atoms with E-state index in [1.807, 2.05) is 0 Å². The highest BCUT2D eigenvalue weighted by Gasteiger charge is 2.19. The van der Waals surface area contributed by atoms with E-state index >= 15 is 0 Å². The summed E-state index contributed by atoms with van der Waals surface area (Å²) in [7, 11) is 1.77. The van der Waals surface area contributed by atoms with Crippen LogP contribution in [-0.4, -0.2) is 20.3 Å². The summed E-state index contributed by atoms with van der Waals surface area (Å²) in [5.41, 5.74) is 1.74. The highest BCUT2D eigenvalue weighted by Crippen LogP contribution is 2.29. The monoisotopic (exact) mass is 277 g/mol. The molecule has 114 valence electrons. The van der Waals surface area contributed by atoms with Crippen molar-refractivity contribution in [2.24, 2.45) is 5.41 Å². The number of unbranched alkanes of at least 4 members (excludes halogenated alkanes) is 2. The van der Waals surface area contributed by atoms with Gasteiger partial charge in [-0.2, -0.15) is 0 Å². The molecule has 0 aliphatic heterocycles. The van der Waals surface area contributed by atoms with Crippen molar-refractivity contribution >= 4 is 0 Å². The van der Waals surface area contributed by atoms with Crippen molar-refractivity contribution in [1.29, 1.82) is 0 Å². The molecule has 0 heterocycles. The van der Waals surface area contributed by atoms with E-state index in [0.717, 1.165) is 26.0 Å². The zero-order valence-electron chi connectivity index (χ0n) is 13.6. The Hall–Kier alpha value is -0.860. The second-order valence-corrected chi connectivity index (χ2v) is 6.74. The Morgan fingerprint density at radius 3 is 2.35 bits per heavy atom. The van der Waals surface area contributed by atoms with Gasteiger partial charge < -0.3 is 10.1 Å². The molecule has 1 aromatic rings. The molecular formula is C18H31NO. The minimum atomic E-state index is 0.337. The normalized spacial score (nSPS) is 13.4. The molecule has 0 amide bonds. The van der Waals surface area contributed by atoms with E-state index in [-0.39, 0.29) is 0 Å². The van der Waals surface area contributed by atoms with Gasteiger partial charge in [0.15, 0.2) is 0 Å². The van der Waals surface area contributed by atoms with Gasteiger partial charge in [0.2, 0.25) is 0 Å². The molecule has 1 unspecified atom stereocenters. The van der Waals surface area contributed by atoms with Gasteiger partial charge in [-0.25, -0.2) is 0 Å². The third kappa shape index (κ3) is 7.66. The SMILES string of the molecule is COCCCCCNC(CC(C)(C)C)c1ccccc1. The Kier molecular flexibility index (Phi) is 7.86. The van der Waals surface area contributed by atoms with E-state index in [1.54, 1.807) is 7.11 Å². The molecule has 1 aromatic carbocycles. The Balaban J connectivity index is 2.43. The van der Waals surface area contributed by atoms with Crippen LogP contribution in [0.3, 0.4) is 0 Å². The van der Waals surface area contributed by atoms with Crippen LogP contribution in [0.1, 0.15) is 58.1 Å². The van der Waals surface area contributed by atoms with Crippen molar-refractivity contribution in [3.8, 4) is 0 Å². The van der Waals surface area contributed by atoms with Gasteiger partial charge in [0.1, 0.15) is 0 Å². The van der Waals surface area contributed by atoms with Crippen LogP contribution in [0.25, 0.3) is 0 Å². The average Bonchev–Trinajstić information content (AvgIpc) is 2.41. The first-order valence-corrected chi connectivity index (χ1v) is 7.80. The molecule has 0 saturated heterocycles. The summed E-state index contributed by atoms with van der Waals surface area (Å²) in [4.78, 5) is 0. The second kappa shape index (κ2) is 9.15. The van der Waals surface area contributed by atoms with Crippen molar-refractivity contribution < 1.29 is 4.74 Å². The molecule has 0 bridgehead atoms. The van der Waals surface area contributed by atoms with Crippen LogP contribution in [0.2, 0.25) is 0 Å². The first kappa shape index (κ1) is 17.2. The van der Waals surface area contributed by atoms with Crippen LogP contribution in [0, 0.1) is 5.41 Å². The standard InChI is InChI=1S/C18H31NO/c1-18(2,3)15-17(16-11-7-5-8-12-16)19-13-9-6-10-14-20-4/h5,7-8,11-12,17,19H,6,9-10,13-15H2,1-4H3. The highest BCUT2D eigenvalue weighted by molar-refractivity contribution is 5.19. The van der Waals surface area contributed by atoms with Crippen LogP contribution in [0.15, 0.2) is 30.3 Å². The molecule has 1 N–H and O–H groups in total. The summed E-state index contributed by atoms with van der Waals surface area (Å²) >= 11 is 0. The predicted octanol–water partition coefficient (Wildman–Crippen LogP) is 4.57. The summed E-state index contributed by atoms with van der Waals surface area (Å²) in [5.74, 6) is 0. The van der Waals surface area contributed by atoms with Gasteiger partial charge in [0.25, 0.3) is 0 Å². The minimum Gasteiger partial charge on any atom is -0.385 e. The Bertz CT molecular complexity index is 342. The van der Waals surface area contributed by atoms with Crippen molar-refractivity contribution in [2.75, 3.05) is 20.3 Å². The van der Waals surface area contributed by atoms with Crippen molar-refractivity contribution in [1.82, 2.24) is 5.32 Å². The quantitative estimate of drug-likeness (QED) is 0.668. The zero-order chi connectivity index (χ0) is 14.8. The lowest BCUT2D eigenvalue weighted by molar-refractivity contribution is 0.192. The molecule has 0 spiro atoms. The second-order valence-electron chi connectivity index (χ2n) is 6.74. The molecular weight excluding hydrogens is 246 g/mol.